The van der Waals surface area contributed by atoms with Crippen LogP contribution < -0.4 is 5.32 Å². The third-order valence-corrected chi connectivity index (χ3v) is 2.79. The van der Waals surface area contributed by atoms with Gasteiger partial charge < -0.3 is 9.84 Å². The second kappa shape index (κ2) is 5.01. The third-order valence-electron chi connectivity index (χ3n) is 2.79. The molecule has 2 aromatic heterocycles. The number of fused-ring (bicyclic) bond motifs is 1. The van der Waals surface area contributed by atoms with E-state index in [1.54, 1.807) is 0 Å². The van der Waals surface area contributed by atoms with Crippen LogP contribution in [0.2, 0.25) is 0 Å². The number of benzene rings is 1. The monoisotopic (exact) mass is 255 g/mol. The zero-order valence-corrected chi connectivity index (χ0v) is 10.5. The number of hydrogen-bond acceptors (Lipinski definition) is 6. The highest BCUT2D eigenvalue weighted by molar-refractivity contribution is 5.76. The lowest BCUT2D eigenvalue weighted by Crippen LogP contribution is -2.09. The zero-order valence-electron chi connectivity index (χ0n) is 10.5. The third kappa shape index (κ3) is 2.52. The number of hydrogen-bond donors (Lipinski definition) is 1. The van der Waals surface area contributed by atoms with Gasteiger partial charge in [-0.25, -0.2) is 9.97 Å². The smallest absolute Gasteiger partial charge is 0.213 e. The average molecular weight is 255 g/mol. The molecule has 6 nitrogen and oxygen atoms in total. The van der Waals surface area contributed by atoms with Crippen molar-refractivity contribution in [3.8, 4) is 0 Å². The van der Waals surface area contributed by atoms with Crippen molar-refractivity contribution >= 4 is 16.9 Å². The summed E-state index contributed by atoms with van der Waals surface area (Å²) in [6, 6.07) is 7.82. The van der Waals surface area contributed by atoms with Crippen molar-refractivity contribution in [1.29, 1.82) is 0 Å². The van der Waals surface area contributed by atoms with Crippen molar-refractivity contribution in [2.24, 2.45) is 0 Å². The van der Waals surface area contributed by atoms with E-state index in [0.717, 1.165) is 22.5 Å². The lowest BCUT2D eigenvalue weighted by molar-refractivity contribution is 0.410. The van der Waals surface area contributed by atoms with Crippen LogP contribution in [-0.2, 0) is 6.42 Å². The quantitative estimate of drug-likeness (QED) is 0.768. The fourth-order valence-corrected chi connectivity index (χ4v) is 1.85. The molecule has 0 amide bonds. The first-order valence-electron chi connectivity index (χ1n) is 6.05. The molecule has 0 saturated carbocycles. The fraction of sp³-hybridized carbons (Fsp3) is 0.231. The van der Waals surface area contributed by atoms with Crippen molar-refractivity contribution < 1.29 is 4.52 Å². The summed E-state index contributed by atoms with van der Waals surface area (Å²) >= 11 is 0. The maximum absolute atomic E-state index is 4.68. The molecule has 3 rings (SSSR count). The molecule has 1 N–H and O–H groups in total. The lowest BCUT2D eigenvalue weighted by atomic mass is 10.3. The van der Waals surface area contributed by atoms with Crippen molar-refractivity contribution in [2.75, 3.05) is 11.9 Å². The standard InChI is InChI=1S/C13H13N5O/c1-9-13(14-7-6-12-15-8-19-18-12)17-11-5-3-2-4-10(11)16-9/h2-5,8H,6-7H2,1H3,(H,14,17). The predicted molar refractivity (Wildman–Crippen MR) is 70.8 cm³/mol. The van der Waals surface area contributed by atoms with Gasteiger partial charge in [-0.1, -0.05) is 17.3 Å². The van der Waals surface area contributed by atoms with E-state index in [1.165, 1.54) is 6.39 Å². The van der Waals surface area contributed by atoms with Crippen LogP contribution in [-0.4, -0.2) is 26.7 Å². The number of nitrogens with one attached hydrogen (secondary N) is 1. The summed E-state index contributed by atoms with van der Waals surface area (Å²) in [6.07, 6.45) is 2.01. The maximum Gasteiger partial charge on any atom is 0.213 e. The van der Waals surface area contributed by atoms with Crippen LogP contribution in [0.15, 0.2) is 35.2 Å². The molecule has 0 aliphatic carbocycles. The minimum atomic E-state index is 0.680. The Morgan fingerprint density at radius 2 is 1.95 bits per heavy atom. The van der Waals surface area contributed by atoms with Crippen LogP contribution in [0.1, 0.15) is 11.5 Å². The van der Waals surface area contributed by atoms with E-state index in [4.69, 9.17) is 0 Å². The molecule has 1 aromatic carbocycles. The van der Waals surface area contributed by atoms with E-state index in [-0.39, 0.29) is 0 Å². The number of nitrogens with zero attached hydrogens (tertiary/aromatic N) is 4. The summed E-state index contributed by atoms with van der Waals surface area (Å²) in [5, 5.41) is 7.01. The van der Waals surface area contributed by atoms with E-state index in [9.17, 15) is 0 Å². The molecule has 0 aliphatic heterocycles. The minimum Gasteiger partial charge on any atom is -0.368 e. The molecule has 6 heteroatoms. The fourth-order valence-electron chi connectivity index (χ4n) is 1.85. The molecule has 0 radical (unpaired) electrons. The second-order valence-electron chi connectivity index (χ2n) is 4.17. The van der Waals surface area contributed by atoms with E-state index in [2.05, 4.69) is 29.9 Å². The number of aromatic nitrogens is 4. The first-order chi connectivity index (χ1) is 9.33. The number of aryl methyl sites for hydroxylation is 1. The van der Waals surface area contributed by atoms with Crippen molar-refractivity contribution in [1.82, 2.24) is 20.1 Å². The summed E-state index contributed by atoms with van der Waals surface area (Å²) in [6.45, 7) is 2.63. The summed E-state index contributed by atoms with van der Waals surface area (Å²) in [5.41, 5.74) is 2.67. The van der Waals surface area contributed by atoms with Crippen LogP contribution >= 0.6 is 0 Å². The van der Waals surface area contributed by atoms with E-state index >= 15 is 0 Å². The topological polar surface area (TPSA) is 76.7 Å². The zero-order chi connectivity index (χ0) is 13.1. The first-order valence-corrected chi connectivity index (χ1v) is 6.05. The van der Waals surface area contributed by atoms with Crippen LogP contribution in [0.5, 0.6) is 0 Å². The molecular weight excluding hydrogens is 242 g/mol. The van der Waals surface area contributed by atoms with Gasteiger partial charge in [-0.05, 0) is 19.1 Å². The Labute approximate surface area is 109 Å². The lowest BCUT2D eigenvalue weighted by Gasteiger charge is -2.08. The van der Waals surface area contributed by atoms with Gasteiger partial charge in [0.1, 0.15) is 5.82 Å². The summed E-state index contributed by atoms with van der Waals surface area (Å²) < 4.78 is 4.68. The SMILES string of the molecule is Cc1nc2ccccc2nc1NCCc1ncon1. The molecule has 0 unspecified atom stereocenters. The molecule has 19 heavy (non-hydrogen) atoms. The molecule has 96 valence electrons. The molecule has 0 saturated heterocycles. The van der Waals surface area contributed by atoms with E-state index in [1.807, 2.05) is 31.2 Å². The molecule has 2 heterocycles. The Hall–Kier alpha value is -2.50. The van der Waals surface area contributed by atoms with Gasteiger partial charge in [0, 0.05) is 13.0 Å². The Kier molecular flexibility index (Phi) is 3.06. The van der Waals surface area contributed by atoms with Gasteiger partial charge in [0.2, 0.25) is 6.39 Å². The Bertz CT molecular complexity index is 681. The van der Waals surface area contributed by atoms with Gasteiger partial charge in [-0.3, -0.25) is 0 Å². The van der Waals surface area contributed by atoms with E-state index in [0.29, 0.717) is 18.8 Å². The number of rotatable bonds is 4. The Balaban J connectivity index is 1.75. The molecular formula is C13H13N5O. The normalized spacial score (nSPS) is 10.8. The van der Waals surface area contributed by atoms with Gasteiger partial charge in [0.15, 0.2) is 5.82 Å². The average Bonchev–Trinajstić information content (AvgIpc) is 2.92. The molecule has 0 spiro atoms. The van der Waals surface area contributed by atoms with Crippen molar-refractivity contribution in [2.45, 2.75) is 13.3 Å². The Morgan fingerprint density at radius 1 is 1.16 bits per heavy atom. The maximum atomic E-state index is 4.68. The van der Waals surface area contributed by atoms with Gasteiger partial charge in [0.05, 0.1) is 16.7 Å². The summed E-state index contributed by atoms with van der Waals surface area (Å²) in [7, 11) is 0. The van der Waals surface area contributed by atoms with Crippen molar-refractivity contribution in [3.63, 3.8) is 0 Å². The highest BCUT2D eigenvalue weighted by Crippen LogP contribution is 2.15. The van der Waals surface area contributed by atoms with Crippen LogP contribution in [0, 0.1) is 6.92 Å². The molecule has 3 aromatic rings. The van der Waals surface area contributed by atoms with Crippen LogP contribution in [0.4, 0.5) is 5.82 Å². The molecule has 0 fully saturated rings. The van der Waals surface area contributed by atoms with Gasteiger partial charge >= 0.3 is 0 Å². The predicted octanol–water partition coefficient (Wildman–Crippen LogP) is 1.98. The molecule has 0 aliphatic rings. The van der Waals surface area contributed by atoms with Gasteiger partial charge in [0.25, 0.3) is 0 Å². The van der Waals surface area contributed by atoms with Crippen LogP contribution in [0.25, 0.3) is 11.0 Å². The van der Waals surface area contributed by atoms with Gasteiger partial charge in [-0.2, -0.15) is 4.98 Å². The van der Waals surface area contributed by atoms with Crippen LogP contribution in [0.3, 0.4) is 0 Å². The Morgan fingerprint density at radius 3 is 2.68 bits per heavy atom. The molecule has 0 bridgehead atoms. The van der Waals surface area contributed by atoms with Gasteiger partial charge in [-0.15, -0.1) is 0 Å². The largest absolute Gasteiger partial charge is 0.368 e. The highest BCUT2D eigenvalue weighted by atomic mass is 16.5. The minimum absolute atomic E-state index is 0.680. The number of anilines is 1. The van der Waals surface area contributed by atoms with Crippen molar-refractivity contribution in [3.05, 3.63) is 42.2 Å². The molecule has 0 atom stereocenters. The first kappa shape index (κ1) is 11.6. The summed E-state index contributed by atoms with van der Waals surface area (Å²) in [5.74, 6) is 1.47. The summed E-state index contributed by atoms with van der Waals surface area (Å²) in [4.78, 5) is 13.0. The van der Waals surface area contributed by atoms with E-state index < -0.39 is 0 Å². The second-order valence-corrected chi connectivity index (χ2v) is 4.17. The highest BCUT2D eigenvalue weighted by Gasteiger charge is 2.05. The number of para-hydroxylation sites is 2.